The van der Waals surface area contributed by atoms with Gasteiger partial charge in [0, 0.05) is 5.69 Å². The fourth-order valence-corrected chi connectivity index (χ4v) is 1.28. The normalized spacial score (nSPS) is 10.8. The molecule has 0 amide bonds. The molecule has 0 atom stereocenters. The molecule has 0 spiro atoms. The summed E-state index contributed by atoms with van der Waals surface area (Å²) < 4.78 is 29.9. The van der Waals surface area contributed by atoms with Crippen LogP contribution in [0, 0.1) is 6.57 Å². The van der Waals surface area contributed by atoms with Crippen LogP contribution in [0.1, 0.15) is 0 Å². The quantitative estimate of drug-likeness (QED) is 0.401. The van der Waals surface area contributed by atoms with Crippen LogP contribution in [-0.2, 0) is 10.1 Å². The van der Waals surface area contributed by atoms with Gasteiger partial charge in [-0.3, -0.25) is 4.55 Å². The summed E-state index contributed by atoms with van der Waals surface area (Å²) in [5.74, 6) is 0. The Balaban J connectivity index is 3.41. The van der Waals surface area contributed by atoms with Crippen molar-refractivity contribution in [1.82, 2.24) is 0 Å². The van der Waals surface area contributed by atoms with Gasteiger partial charge in [-0.1, -0.05) is 0 Å². The summed E-state index contributed by atoms with van der Waals surface area (Å²) in [5, 5.41) is 0. The molecule has 5 nitrogen and oxygen atoms in total. The Bertz CT molecular complexity index is 473. The molecule has 0 heterocycles. The number of nitrogen functional groups attached to an aromatic ring is 1. The van der Waals surface area contributed by atoms with E-state index in [2.05, 4.69) is 4.85 Å². The summed E-state index contributed by atoms with van der Waals surface area (Å²) in [6.45, 7) is 6.65. The Labute approximate surface area is 75.4 Å². The van der Waals surface area contributed by atoms with Gasteiger partial charge in [0.2, 0.25) is 5.69 Å². The molecule has 0 saturated carbocycles. The highest BCUT2D eigenvalue weighted by Crippen LogP contribution is 2.25. The predicted octanol–water partition coefficient (Wildman–Crippen LogP) is 1.07. The minimum atomic E-state index is -4.25. The molecule has 0 saturated heterocycles. The molecular weight excluding hydrogens is 192 g/mol. The van der Waals surface area contributed by atoms with Crippen molar-refractivity contribution in [2.45, 2.75) is 4.90 Å². The maximum atomic E-state index is 10.6. The molecule has 3 N–H and O–H groups in total. The van der Waals surface area contributed by atoms with E-state index in [1.807, 2.05) is 0 Å². The van der Waals surface area contributed by atoms with Crippen LogP contribution in [0.4, 0.5) is 11.4 Å². The van der Waals surface area contributed by atoms with Crippen molar-refractivity contribution < 1.29 is 13.0 Å². The van der Waals surface area contributed by atoms with Gasteiger partial charge in [-0.15, -0.1) is 0 Å². The summed E-state index contributed by atoms with van der Waals surface area (Å²) in [5.41, 5.74) is 5.55. The lowest BCUT2D eigenvalue weighted by molar-refractivity contribution is 0.483. The van der Waals surface area contributed by atoms with E-state index in [4.69, 9.17) is 16.9 Å². The first-order valence-corrected chi connectivity index (χ1v) is 4.63. The Morgan fingerprint density at radius 1 is 1.46 bits per heavy atom. The van der Waals surface area contributed by atoms with Crippen LogP contribution < -0.4 is 5.73 Å². The lowest BCUT2D eigenvalue weighted by Gasteiger charge is -1.99. The highest BCUT2D eigenvalue weighted by Gasteiger charge is 2.10. The number of rotatable bonds is 1. The van der Waals surface area contributed by atoms with Crippen LogP contribution in [-0.4, -0.2) is 13.0 Å². The van der Waals surface area contributed by atoms with E-state index >= 15 is 0 Å². The molecule has 6 heteroatoms. The molecule has 1 rings (SSSR count). The third kappa shape index (κ3) is 1.96. The second-order valence-corrected chi connectivity index (χ2v) is 3.73. The van der Waals surface area contributed by atoms with Gasteiger partial charge in [-0.25, -0.2) is 4.85 Å². The predicted molar refractivity (Wildman–Crippen MR) is 46.9 cm³/mol. The summed E-state index contributed by atoms with van der Waals surface area (Å²) in [4.78, 5) is 2.67. The maximum Gasteiger partial charge on any atom is 0.293 e. The standard InChI is InChI=1S/C7H6N2O3S/c1-9-7-4-5(13(10,11)12)2-3-6(7)8/h2-4H,8H2,(H,10,11,12). The van der Waals surface area contributed by atoms with E-state index in [1.54, 1.807) is 0 Å². The summed E-state index contributed by atoms with van der Waals surface area (Å²) in [6.07, 6.45) is 0. The van der Waals surface area contributed by atoms with Gasteiger partial charge in [-0.2, -0.15) is 8.42 Å². The third-order valence-electron chi connectivity index (χ3n) is 1.42. The van der Waals surface area contributed by atoms with Gasteiger partial charge in [0.15, 0.2) is 0 Å². The van der Waals surface area contributed by atoms with Crippen LogP contribution in [0.5, 0.6) is 0 Å². The summed E-state index contributed by atoms with van der Waals surface area (Å²) >= 11 is 0. The van der Waals surface area contributed by atoms with Gasteiger partial charge in [0.25, 0.3) is 10.1 Å². The van der Waals surface area contributed by atoms with E-state index in [-0.39, 0.29) is 16.3 Å². The zero-order chi connectivity index (χ0) is 10.1. The SMILES string of the molecule is [C-]#[N+]c1cc(S(=O)(=O)O)ccc1N. The Kier molecular flexibility index (Phi) is 2.23. The second-order valence-electron chi connectivity index (χ2n) is 2.31. The zero-order valence-corrected chi connectivity index (χ0v) is 7.25. The number of anilines is 1. The van der Waals surface area contributed by atoms with E-state index in [1.165, 1.54) is 6.07 Å². The fraction of sp³-hybridized carbons (Fsp3) is 0. The average Bonchev–Trinajstić information content (AvgIpc) is 2.03. The largest absolute Gasteiger partial charge is 0.407 e. The monoisotopic (exact) mass is 198 g/mol. The van der Waals surface area contributed by atoms with Crippen LogP contribution in [0.3, 0.4) is 0 Å². The zero-order valence-electron chi connectivity index (χ0n) is 6.43. The number of hydrogen-bond donors (Lipinski definition) is 2. The van der Waals surface area contributed by atoms with Gasteiger partial charge >= 0.3 is 0 Å². The first kappa shape index (κ1) is 9.51. The van der Waals surface area contributed by atoms with Crippen LogP contribution >= 0.6 is 0 Å². The number of nitrogens with two attached hydrogens (primary N) is 1. The lowest BCUT2D eigenvalue weighted by atomic mass is 10.3. The smallest absolute Gasteiger partial charge is 0.293 e. The molecule has 0 aliphatic rings. The fourth-order valence-electron chi connectivity index (χ4n) is 0.781. The second kappa shape index (κ2) is 3.05. The van der Waals surface area contributed by atoms with Crippen molar-refractivity contribution >= 4 is 21.5 Å². The van der Waals surface area contributed by atoms with Crippen molar-refractivity contribution in [2.24, 2.45) is 0 Å². The Morgan fingerprint density at radius 2 is 2.08 bits per heavy atom. The average molecular weight is 198 g/mol. The van der Waals surface area contributed by atoms with Crippen molar-refractivity contribution in [3.05, 3.63) is 29.6 Å². The van der Waals surface area contributed by atoms with Gasteiger partial charge in [0.05, 0.1) is 11.5 Å². The van der Waals surface area contributed by atoms with Crippen LogP contribution in [0.2, 0.25) is 0 Å². The molecule has 0 aromatic heterocycles. The topological polar surface area (TPSA) is 84.8 Å². The van der Waals surface area contributed by atoms with Gasteiger partial charge < -0.3 is 5.73 Å². The van der Waals surface area contributed by atoms with Crippen molar-refractivity contribution in [3.8, 4) is 0 Å². The molecule has 0 aliphatic heterocycles. The van der Waals surface area contributed by atoms with Gasteiger partial charge in [0.1, 0.15) is 0 Å². The molecule has 1 aromatic carbocycles. The molecule has 13 heavy (non-hydrogen) atoms. The molecule has 0 bridgehead atoms. The van der Waals surface area contributed by atoms with Crippen molar-refractivity contribution in [1.29, 1.82) is 0 Å². The lowest BCUT2D eigenvalue weighted by Crippen LogP contribution is -1.98. The van der Waals surface area contributed by atoms with Crippen LogP contribution in [0.15, 0.2) is 23.1 Å². The Hall–Kier alpha value is -1.58. The highest BCUT2D eigenvalue weighted by molar-refractivity contribution is 7.85. The molecule has 0 radical (unpaired) electrons. The van der Waals surface area contributed by atoms with Crippen molar-refractivity contribution in [2.75, 3.05) is 5.73 Å². The van der Waals surface area contributed by atoms with E-state index in [0.29, 0.717) is 0 Å². The molecule has 1 aromatic rings. The molecule has 0 unspecified atom stereocenters. The number of hydrogen-bond acceptors (Lipinski definition) is 3. The first-order chi connectivity index (χ1) is 5.95. The molecule has 68 valence electrons. The highest BCUT2D eigenvalue weighted by atomic mass is 32.2. The maximum absolute atomic E-state index is 10.6. The minimum absolute atomic E-state index is 0.00938. The first-order valence-electron chi connectivity index (χ1n) is 3.19. The van der Waals surface area contributed by atoms with E-state index < -0.39 is 10.1 Å². The van der Waals surface area contributed by atoms with E-state index in [9.17, 15) is 8.42 Å². The summed E-state index contributed by atoms with van der Waals surface area (Å²) in [6, 6.07) is 3.42. The number of nitrogens with zero attached hydrogens (tertiary/aromatic N) is 1. The van der Waals surface area contributed by atoms with Crippen molar-refractivity contribution in [3.63, 3.8) is 0 Å². The third-order valence-corrected chi connectivity index (χ3v) is 2.27. The van der Waals surface area contributed by atoms with Crippen LogP contribution in [0.25, 0.3) is 4.85 Å². The molecule has 0 aliphatic carbocycles. The number of benzene rings is 1. The van der Waals surface area contributed by atoms with Gasteiger partial charge in [-0.05, 0) is 18.2 Å². The summed E-state index contributed by atoms with van der Waals surface area (Å²) in [7, 11) is -4.25. The Morgan fingerprint density at radius 3 is 2.54 bits per heavy atom. The molecular formula is C7H6N2O3S. The van der Waals surface area contributed by atoms with E-state index in [0.717, 1.165) is 12.1 Å². The minimum Gasteiger partial charge on any atom is -0.407 e. The molecule has 0 fully saturated rings.